The molecular weight excluding hydrogens is 432 g/mol. The SMILES string of the molecule is CNc1ncc(-c2nc3c(N4CCC(c5ccc6c(c5)[N]C(=O)N6)CC4)ncnc3n2C)cn1. The normalized spacial score (nSPS) is 15.8. The van der Waals surface area contributed by atoms with Gasteiger partial charge in [0.25, 0.3) is 0 Å². The maximum atomic E-state index is 11.5. The van der Waals surface area contributed by atoms with E-state index in [9.17, 15) is 4.79 Å². The molecule has 2 aliphatic heterocycles. The summed E-state index contributed by atoms with van der Waals surface area (Å²) in [5, 5.41) is 9.72. The van der Waals surface area contributed by atoms with Gasteiger partial charge in [-0.15, -0.1) is 0 Å². The van der Waals surface area contributed by atoms with Gasteiger partial charge in [0.15, 0.2) is 17.0 Å². The molecule has 171 valence electrons. The number of hydrogen-bond acceptors (Lipinski definition) is 8. The van der Waals surface area contributed by atoms with Crippen LogP contribution in [-0.4, -0.2) is 55.7 Å². The van der Waals surface area contributed by atoms with Crippen molar-refractivity contribution in [2.45, 2.75) is 18.8 Å². The van der Waals surface area contributed by atoms with Gasteiger partial charge in [0.2, 0.25) is 5.95 Å². The van der Waals surface area contributed by atoms with E-state index in [1.807, 2.05) is 23.7 Å². The number of carbonyl (C=O) groups excluding carboxylic acids is 1. The first kappa shape index (κ1) is 20.3. The Labute approximate surface area is 195 Å². The molecule has 1 fully saturated rings. The van der Waals surface area contributed by atoms with Crippen LogP contribution in [0.3, 0.4) is 0 Å². The van der Waals surface area contributed by atoms with Crippen LogP contribution in [0, 0.1) is 0 Å². The van der Waals surface area contributed by atoms with Crippen molar-refractivity contribution in [3.63, 3.8) is 0 Å². The number of hydrogen-bond donors (Lipinski definition) is 2. The zero-order chi connectivity index (χ0) is 23.2. The van der Waals surface area contributed by atoms with Gasteiger partial charge in [-0.2, -0.15) is 5.32 Å². The Morgan fingerprint density at radius 1 is 1.09 bits per heavy atom. The molecule has 11 heteroatoms. The summed E-state index contributed by atoms with van der Waals surface area (Å²) in [6.45, 7) is 1.71. The lowest BCUT2D eigenvalue weighted by Gasteiger charge is -2.33. The number of nitrogens with zero attached hydrogens (tertiary/aromatic N) is 8. The van der Waals surface area contributed by atoms with Gasteiger partial charge in [0, 0.05) is 39.6 Å². The van der Waals surface area contributed by atoms with Crippen molar-refractivity contribution in [2.24, 2.45) is 7.05 Å². The molecule has 5 heterocycles. The third kappa shape index (κ3) is 3.36. The molecule has 0 atom stereocenters. The molecule has 0 aliphatic carbocycles. The molecular formula is C23H23N10O. The van der Waals surface area contributed by atoms with Crippen LogP contribution < -0.4 is 20.9 Å². The summed E-state index contributed by atoms with van der Waals surface area (Å²) in [6, 6.07) is 5.77. The lowest BCUT2D eigenvalue weighted by molar-refractivity contribution is 0.256. The Balaban J connectivity index is 1.25. The molecule has 1 radical (unpaired) electrons. The fourth-order valence-electron chi connectivity index (χ4n) is 4.73. The Hall–Kier alpha value is -4.28. The lowest BCUT2D eigenvalue weighted by Crippen LogP contribution is -2.33. The second-order valence-electron chi connectivity index (χ2n) is 8.49. The molecule has 0 unspecified atom stereocenters. The van der Waals surface area contributed by atoms with Crippen molar-refractivity contribution in [2.75, 3.05) is 35.7 Å². The molecule has 11 nitrogen and oxygen atoms in total. The minimum absolute atomic E-state index is 0.297. The summed E-state index contributed by atoms with van der Waals surface area (Å²) in [7, 11) is 3.73. The smallest absolute Gasteiger partial charge is 0.346 e. The number of amides is 2. The Morgan fingerprint density at radius 2 is 1.88 bits per heavy atom. The first-order chi connectivity index (χ1) is 16.6. The van der Waals surface area contributed by atoms with E-state index in [1.165, 1.54) is 5.56 Å². The molecule has 1 aromatic carbocycles. The number of carbonyl (C=O) groups is 1. The number of fused-ring (bicyclic) bond motifs is 2. The van der Waals surface area contributed by atoms with E-state index in [0.29, 0.717) is 11.9 Å². The van der Waals surface area contributed by atoms with Gasteiger partial charge in [0.05, 0.1) is 16.9 Å². The van der Waals surface area contributed by atoms with Gasteiger partial charge in [-0.05, 0) is 36.5 Å². The molecule has 1 saturated heterocycles. The Bertz CT molecular complexity index is 1390. The molecule has 0 saturated carbocycles. The average Bonchev–Trinajstić information content (AvgIpc) is 3.42. The largest absolute Gasteiger partial charge is 0.357 e. The summed E-state index contributed by atoms with van der Waals surface area (Å²) < 4.78 is 1.95. The van der Waals surface area contributed by atoms with E-state index >= 15 is 0 Å². The summed E-state index contributed by atoms with van der Waals surface area (Å²) in [5.41, 5.74) is 5.10. The van der Waals surface area contributed by atoms with Crippen molar-refractivity contribution in [3.8, 4) is 11.4 Å². The van der Waals surface area contributed by atoms with E-state index < -0.39 is 0 Å². The zero-order valence-electron chi connectivity index (χ0n) is 18.9. The third-order valence-corrected chi connectivity index (χ3v) is 6.52. The molecule has 2 amide bonds. The highest BCUT2D eigenvalue weighted by Crippen LogP contribution is 2.36. The number of rotatable bonds is 4. The molecule has 0 bridgehead atoms. The highest BCUT2D eigenvalue weighted by atomic mass is 16.2. The first-order valence-electron chi connectivity index (χ1n) is 11.2. The van der Waals surface area contributed by atoms with E-state index in [2.05, 4.69) is 46.9 Å². The summed E-state index contributed by atoms with van der Waals surface area (Å²) in [5.74, 6) is 2.56. The number of nitrogens with one attached hydrogen (secondary N) is 2. The van der Waals surface area contributed by atoms with Gasteiger partial charge in [-0.1, -0.05) is 6.07 Å². The molecule has 2 aliphatic rings. The fourth-order valence-corrected chi connectivity index (χ4v) is 4.73. The Morgan fingerprint density at radius 3 is 2.65 bits per heavy atom. The predicted molar refractivity (Wildman–Crippen MR) is 128 cm³/mol. The van der Waals surface area contributed by atoms with E-state index in [0.717, 1.165) is 65.7 Å². The maximum Gasteiger partial charge on any atom is 0.346 e. The zero-order valence-corrected chi connectivity index (χ0v) is 18.9. The van der Waals surface area contributed by atoms with Gasteiger partial charge in [0.1, 0.15) is 12.2 Å². The van der Waals surface area contributed by atoms with Crippen molar-refractivity contribution >= 4 is 40.3 Å². The van der Waals surface area contributed by atoms with Crippen LogP contribution in [0.15, 0.2) is 36.9 Å². The van der Waals surface area contributed by atoms with Crippen LogP contribution in [0.5, 0.6) is 0 Å². The molecule has 6 rings (SSSR count). The van der Waals surface area contributed by atoms with E-state index in [1.54, 1.807) is 25.8 Å². The van der Waals surface area contributed by atoms with Crippen LogP contribution in [0.4, 0.5) is 27.9 Å². The topological polar surface area (TPSA) is 128 Å². The van der Waals surface area contributed by atoms with Crippen molar-refractivity contribution in [3.05, 3.63) is 42.5 Å². The van der Waals surface area contributed by atoms with Gasteiger partial charge in [-0.25, -0.2) is 29.7 Å². The van der Waals surface area contributed by atoms with Crippen LogP contribution in [0.1, 0.15) is 24.3 Å². The fraction of sp³-hybridized carbons (Fsp3) is 0.304. The standard InChI is InChI=1S/C23H23N10O/c1-24-22-25-10-15(11-26-22)19-31-18-20(32(19)2)27-12-28-21(18)33-7-5-13(6-8-33)14-3-4-16-17(9-14)30-23(34)29-16/h3-4,9-13H,5-8H2,1-2H3,(H,29,34)(H,24,25,26). The monoisotopic (exact) mass is 455 g/mol. The number of anilines is 3. The number of aromatic nitrogens is 6. The third-order valence-electron chi connectivity index (χ3n) is 6.52. The number of urea groups is 1. The van der Waals surface area contributed by atoms with Crippen molar-refractivity contribution in [1.82, 2.24) is 34.8 Å². The van der Waals surface area contributed by atoms with Crippen molar-refractivity contribution in [1.29, 1.82) is 0 Å². The molecule has 0 spiro atoms. The molecule has 34 heavy (non-hydrogen) atoms. The predicted octanol–water partition coefficient (Wildman–Crippen LogP) is 3.03. The molecule has 3 aromatic heterocycles. The number of benzene rings is 1. The summed E-state index contributed by atoms with van der Waals surface area (Å²) >= 11 is 0. The average molecular weight is 456 g/mol. The first-order valence-corrected chi connectivity index (χ1v) is 11.2. The van der Waals surface area contributed by atoms with Crippen LogP contribution in [0.2, 0.25) is 0 Å². The van der Waals surface area contributed by atoms with E-state index in [-0.39, 0.29) is 6.03 Å². The summed E-state index contributed by atoms with van der Waals surface area (Å²) in [4.78, 5) is 36.4. The van der Waals surface area contributed by atoms with E-state index in [4.69, 9.17) is 4.98 Å². The quantitative estimate of drug-likeness (QED) is 0.481. The van der Waals surface area contributed by atoms with Crippen LogP contribution in [0.25, 0.3) is 22.6 Å². The van der Waals surface area contributed by atoms with Gasteiger partial charge in [-0.3, -0.25) is 0 Å². The van der Waals surface area contributed by atoms with Crippen molar-refractivity contribution < 1.29 is 4.79 Å². The minimum Gasteiger partial charge on any atom is -0.357 e. The lowest BCUT2D eigenvalue weighted by atomic mass is 9.89. The highest BCUT2D eigenvalue weighted by molar-refractivity contribution is 6.02. The Kier molecular flexibility index (Phi) is 4.75. The molecule has 4 aromatic rings. The minimum atomic E-state index is -0.297. The number of aryl methyl sites for hydroxylation is 1. The maximum absolute atomic E-state index is 11.5. The summed E-state index contributed by atoms with van der Waals surface area (Å²) in [6.07, 6.45) is 7.06. The van der Waals surface area contributed by atoms with Gasteiger partial charge >= 0.3 is 6.03 Å². The second kappa shape index (κ2) is 7.94. The number of piperidine rings is 1. The van der Waals surface area contributed by atoms with Crippen LogP contribution >= 0.6 is 0 Å². The highest BCUT2D eigenvalue weighted by Gasteiger charge is 2.27. The second-order valence-corrected chi connectivity index (χ2v) is 8.49. The van der Waals surface area contributed by atoms with Gasteiger partial charge < -0.3 is 20.1 Å². The number of imidazole rings is 1. The van der Waals surface area contributed by atoms with Crippen LogP contribution in [-0.2, 0) is 7.05 Å². The molecule has 2 N–H and O–H groups in total.